The van der Waals surface area contributed by atoms with Crippen molar-refractivity contribution < 1.29 is 9.32 Å². The van der Waals surface area contributed by atoms with Gasteiger partial charge in [-0.3, -0.25) is 14.3 Å². The summed E-state index contributed by atoms with van der Waals surface area (Å²) in [4.78, 5) is 26.0. The number of hydrogen-bond acceptors (Lipinski definition) is 4. The van der Waals surface area contributed by atoms with Crippen LogP contribution in [0.4, 0.5) is 0 Å². The number of Topliss-reactive ketones (excluding diaryl/α,β-unsaturated/α-hetero) is 1. The number of ketones is 1. The van der Waals surface area contributed by atoms with Crippen LogP contribution in [0.2, 0.25) is 5.02 Å². The number of rotatable bonds is 5. The number of H-pyrrole nitrogens is 1. The maximum atomic E-state index is 12.5. The third-order valence-corrected chi connectivity index (χ3v) is 4.83. The quantitative estimate of drug-likeness (QED) is 0.860. The summed E-state index contributed by atoms with van der Waals surface area (Å²) in [5.74, 6) is 0.486. The molecule has 0 aliphatic heterocycles. The first kappa shape index (κ1) is 13.8. The lowest BCUT2D eigenvalue weighted by molar-refractivity contribution is 0.0964. The maximum absolute atomic E-state index is 12.5. The Labute approximate surface area is 131 Å². The molecule has 1 heterocycles. The Balaban J connectivity index is 1.49. The minimum absolute atomic E-state index is 0.0497. The van der Waals surface area contributed by atoms with E-state index in [4.69, 9.17) is 11.6 Å². The topological polar surface area (TPSA) is 76.0 Å². The first-order chi connectivity index (χ1) is 10.6. The molecule has 0 radical (unpaired) electrons. The Morgan fingerprint density at radius 3 is 2.86 bits per heavy atom. The van der Waals surface area contributed by atoms with Crippen molar-refractivity contribution in [2.45, 2.75) is 31.6 Å². The van der Waals surface area contributed by atoms with Gasteiger partial charge >= 0.3 is 5.76 Å². The number of nitrogens with one attached hydrogen (secondary N) is 1. The van der Waals surface area contributed by atoms with Gasteiger partial charge < -0.3 is 0 Å². The lowest BCUT2D eigenvalue weighted by Crippen LogP contribution is -2.05. The van der Waals surface area contributed by atoms with E-state index in [1.807, 2.05) is 12.1 Å². The molecule has 0 amide bonds. The molecule has 0 bridgehead atoms. The highest BCUT2D eigenvalue weighted by Gasteiger charge is 2.46. The number of aromatic amines is 1. The van der Waals surface area contributed by atoms with Crippen LogP contribution < -0.4 is 5.76 Å². The summed E-state index contributed by atoms with van der Waals surface area (Å²) in [6, 6.07) is 5.58. The minimum Gasteiger partial charge on any atom is -0.296 e. The zero-order valence-electron chi connectivity index (χ0n) is 11.8. The van der Waals surface area contributed by atoms with Crippen molar-refractivity contribution in [2.24, 2.45) is 11.8 Å². The number of nitrogens with zero attached hydrogens (tertiary/aromatic N) is 1. The second-order valence-electron chi connectivity index (χ2n) is 6.25. The van der Waals surface area contributed by atoms with Crippen LogP contribution in [0.5, 0.6) is 0 Å². The summed E-state index contributed by atoms with van der Waals surface area (Å²) < 4.78 is 4.48. The van der Waals surface area contributed by atoms with Crippen LogP contribution in [0.1, 0.15) is 46.9 Å². The summed E-state index contributed by atoms with van der Waals surface area (Å²) in [5.41, 5.74) is 1.75. The zero-order chi connectivity index (χ0) is 15.3. The summed E-state index contributed by atoms with van der Waals surface area (Å²) in [5, 5.41) is 4.33. The molecule has 0 spiro atoms. The van der Waals surface area contributed by atoms with E-state index in [1.54, 1.807) is 6.07 Å². The standard InChI is InChI=1S/C16H15ClN2O3/c17-13-6-10(4-3-9(13)5-8-1-2-8)14(20)11-7-12(11)15-18-16(21)22-19-15/h3-4,6,8,11-12H,1-2,5,7H2,(H,18,19,21)/t11-,12-/m0/s1. The second kappa shape index (κ2) is 5.09. The van der Waals surface area contributed by atoms with Gasteiger partial charge in [-0.15, -0.1) is 0 Å². The second-order valence-corrected chi connectivity index (χ2v) is 6.65. The predicted molar refractivity (Wildman–Crippen MR) is 80.2 cm³/mol. The molecule has 114 valence electrons. The molecule has 0 saturated heterocycles. The van der Waals surface area contributed by atoms with Crippen molar-refractivity contribution in [3.63, 3.8) is 0 Å². The third-order valence-electron chi connectivity index (χ3n) is 4.48. The Kier molecular flexibility index (Phi) is 3.18. The van der Waals surface area contributed by atoms with Gasteiger partial charge in [-0.25, -0.2) is 4.79 Å². The van der Waals surface area contributed by atoms with Crippen LogP contribution in [-0.4, -0.2) is 15.9 Å². The number of aromatic nitrogens is 2. The van der Waals surface area contributed by atoms with Crippen LogP contribution in [0.3, 0.4) is 0 Å². The minimum atomic E-state index is -0.583. The zero-order valence-corrected chi connectivity index (χ0v) is 12.6. The Morgan fingerprint density at radius 1 is 1.41 bits per heavy atom. The Morgan fingerprint density at radius 2 is 2.23 bits per heavy atom. The van der Waals surface area contributed by atoms with Crippen LogP contribution in [0.25, 0.3) is 0 Å². The van der Waals surface area contributed by atoms with E-state index in [2.05, 4.69) is 14.7 Å². The number of hydrogen-bond donors (Lipinski definition) is 1. The Hall–Kier alpha value is -1.88. The van der Waals surface area contributed by atoms with E-state index in [-0.39, 0.29) is 17.6 Å². The van der Waals surface area contributed by atoms with Gasteiger partial charge in [0.05, 0.1) is 0 Å². The van der Waals surface area contributed by atoms with Gasteiger partial charge in [-0.05, 0) is 43.2 Å². The molecule has 2 saturated carbocycles. The monoisotopic (exact) mass is 318 g/mol. The van der Waals surface area contributed by atoms with Gasteiger partial charge in [-0.2, -0.15) is 0 Å². The largest absolute Gasteiger partial charge is 0.438 e. The molecule has 2 aliphatic rings. The molecule has 0 unspecified atom stereocenters. The van der Waals surface area contributed by atoms with E-state index in [0.29, 0.717) is 22.8 Å². The number of benzene rings is 1. The van der Waals surface area contributed by atoms with Gasteiger partial charge in [0.2, 0.25) is 0 Å². The fourth-order valence-electron chi connectivity index (χ4n) is 2.90. The number of halogens is 1. The van der Waals surface area contributed by atoms with E-state index >= 15 is 0 Å². The summed E-state index contributed by atoms with van der Waals surface area (Å²) >= 11 is 6.30. The molecule has 22 heavy (non-hydrogen) atoms. The van der Waals surface area contributed by atoms with E-state index < -0.39 is 5.76 Å². The molecule has 1 aromatic carbocycles. The SMILES string of the molecule is O=C(c1ccc(CC2CC2)c(Cl)c1)[C@H]1C[C@@H]1c1noc(=O)[nH]1. The first-order valence-corrected chi connectivity index (χ1v) is 7.88. The summed E-state index contributed by atoms with van der Waals surface area (Å²) in [6.07, 6.45) is 4.23. The molecule has 5 nitrogen and oxygen atoms in total. The lowest BCUT2D eigenvalue weighted by Gasteiger charge is -2.06. The van der Waals surface area contributed by atoms with E-state index in [9.17, 15) is 9.59 Å². The third kappa shape index (κ3) is 2.61. The summed E-state index contributed by atoms with van der Waals surface area (Å²) in [6.45, 7) is 0. The fraction of sp³-hybridized carbons (Fsp3) is 0.438. The molecule has 1 N–H and O–H groups in total. The average Bonchev–Trinajstić information content (AvgIpc) is 3.41. The van der Waals surface area contributed by atoms with Crippen LogP contribution in [0.15, 0.2) is 27.5 Å². The molecule has 2 atom stereocenters. The van der Waals surface area contributed by atoms with Crippen molar-refractivity contribution in [1.29, 1.82) is 0 Å². The molecule has 2 fully saturated rings. The molecule has 4 rings (SSSR count). The average molecular weight is 319 g/mol. The molecule has 1 aromatic heterocycles. The van der Waals surface area contributed by atoms with Crippen molar-refractivity contribution in [1.82, 2.24) is 10.1 Å². The first-order valence-electron chi connectivity index (χ1n) is 7.50. The number of carbonyl (C=O) groups excluding carboxylic acids is 1. The normalized spacial score (nSPS) is 23.5. The fourth-order valence-corrected chi connectivity index (χ4v) is 3.16. The Bertz CT molecular complexity index is 791. The van der Waals surface area contributed by atoms with Crippen molar-refractivity contribution in [2.75, 3.05) is 0 Å². The predicted octanol–water partition coefficient (Wildman–Crippen LogP) is 2.96. The molecule has 2 aromatic rings. The van der Waals surface area contributed by atoms with Gasteiger partial charge in [0.1, 0.15) is 0 Å². The number of carbonyl (C=O) groups is 1. The van der Waals surface area contributed by atoms with Crippen molar-refractivity contribution in [3.8, 4) is 0 Å². The molecule has 2 aliphatic carbocycles. The summed E-state index contributed by atoms with van der Waals surface area (Å²) in [7, 11) is 0. The smallest absolute Gasteiger partial charge is 0.296 e. The highest BCUT2D eigenvalue weighted by atomic mass is 35.5. The van der Waals surface area contributed by atoms with Crippen molar-refractivity contribution >= 4 is 17.4 Å². The lowest BCUT2D eigenvalue weighted by atomic mass is 10.0. The van der Waals surface area contributed by atoms with Crippen LogP contribution >= 0.6 is 11.6 Å². The van der Waals surface area contributed by atoms with Gasteiger partial charge in [-0.1, -0.05) is 28.9 Å². The molecular weight excluding hydrogens is 304 g/mol. The highest BCUT2D eigenvalue weighted by molar-refractivity contribution is 6.31. The van der Waals surface area contributed by atoms with Gasteiger partial charge in [0, 0.05) is 22.4 Å². The van der Waals surface area contributed by atoms with Crippen LogP contribution in [0, 0.1) is 11.8 Å². The molecular formula is C16H15ClN2O3. The van der Waals surface area contributed by atoms with Crippen molar-refractivity contribution in [3.05, 3.63) is 50.7 Å². The molecule has 6 heteroatoms. The van der Waals surface area contributed by atoms with E-state index in [1.165, 1.54) is 12.8 Å². The highest BCUT2D eigenvalue weighted by Crippen LogP contribution is 2.47. The van der Waals surface area contributed by atoms with Gasteiger partial charge in [0.15, 0.2) is 11.6 Å². The van der Waals surface area contributed by atoms with Gasteiger partial charge in [0.25, 0.3) is 0 Å². The van der Waals surface area contributed by atoms with Crippen LogP contribution in [-0.2, 0) is 6.42 Å². The maximum Gasteiger partial charge on any atom is 0.438 e. The van der Waals surface area contributed by atoms with E-state index in [0.717, 1.165) is 17.9 Å².